The summed E-state index contributed by atoms with van der Waals surface area (Å²) >= 11 is 0. The van der Waals surface area contributed by atoms with E-state index in [0.717, 1.165) is 11.1 Å². The summed E-state index contributed by atoms with van der Waals surface area (Å²) in [7, 11) is -4.74. The van der Waals surface area contributed by atoms with Crippen LogP contribution in [0, 0.1) is 0 Å². The van der Waals surface area contributed by atoms with E-state index in [0.29, 0.717) is 51.4 Å². The van der Waals surface area contributed by atoms with E-state index in [4.69, 9.17) is 14.2 Å². The van der Waals surface area contributed by atoms with E-state index in [1.165, 1.54) is 4.90 Å². The van der Waals surface area contributed by atoms with E-state index in [2.05, 4.69) is 34.9 Å². The first-order valence-corrected chi connectivity index (χ1v) is 18.2. The van der Waals surface area contributed by atoms with Crippen molar-refractivity contribution in [1.82, 2.24) is 15.5 Å². The Balaban J connectivity index is 1.43. The first-order chi connectivity index (χ1) is 23.8. The molecular weight excluding hydrogens is 673 g/mol. The van der Waals surface area contributed by atoms with Gasteiger partial charge in [0.25, 0.3) is 0 Å². The van der Waals surface area contributed by atoms with Crippen molar-refractivity contribution >= 4 is 31.7 Å². The molecule has 2 saturated carbocycles. The Bertz CT molecular complexity index is 1430. The number of nitrogens with one attached hydrogen (secondary N) is 2. The van der Waals surface area contributed by atoms with E-state index in [1.807, 2.05) is 36.4 Å². The van der Waals surface area contributed by atoms with Crippen molar-refractivity contribution in [3.63, 3.8) is 0 Å². The fraction of sp³-hybridized carbons (Fsp3) is 0.529. The molecule has 274 valence electrons. The molecule has 0 bridgehead atoms. The summed E-state index contributed by atoms with van der Waals surface area (Å²) in [4.78, 5) is 58.5. The fourth-order valence-corrected chi connectivity index (χ4v) is 8.18. The maximum atomic E-state index is 13.2. The van der Waals surface area contributed by atoms with Crippen molar-refractivity contribution in [2.45, 2.75) is 87.1 Å². The van der Waals surface area contributed by atoms with E-state index < -0.39 is 63.0 Å². The molecule has 2 atom stereocenters. The normalized spacial score (nSPS) is 21.3. The van der Waals surface area contributed by atoms with E-state index in [9.17, 15) is 44.0 Å². The third kappa shape index (κ3) is 11.2. The summed E-state index contributed by atoms with van der Waals surface area (Å²) in [6.45, 7) is -1.56. The highest BCUT2D eigenvalue weighted by Gasteiger charge is 2.41. The molecule has 2 fully saturated rings. The number of hydrogen-bond donors (Lipinski definition) is 7. The highest BCUT2D eigenvalue weighted by molar-refractivity contribution is 7.47. The van der Waals surface area contributed by atoms with Gasteiger partial charge in [-0.25, -0.2) is 14.2 Å². The molecule has 0 radical (unpaired) electrons. The molecule has 2 aromatic carbocycles. The molecule has 15 nitrogen and oxygen atoms in total. The Labute approximate surface area is 290 Å². The van der Waals surface area contributed by atoms with Gasteiger partial charge in [-0.3, -0.25) is 28.9 Å². The van der Waals surface area contributed by atoms with Gasteiger partial charge in [0.1, 0.15) is 0 Å². The molecule has 2 aromatic rings. The molecule has 2 aliphatic carbocycles. The van der Waals surface area contributed by atoms with Gasteiger partial charge in [-0.1, -0.05) is 60.7 Å². The van der Waals surface area contributed by atoms with Crippen LogP contribution in [0.1, 0.15) is 62.5 Å². The average molecular weight is 720 g/mol. The standard InChI is InChI=1S/C34H46N3O12P/c38-29(39)19-35-25-11-13-27(14-12-25)37(21-30(40)41)20-26(36-31(32(42)43)33(44)45)22-48-50(46,47)49-28-15-17-34(18-16-28,23-7-3-1-4-8-23)24-9-5-2-6-10-24/h1-10,25-28,31,35-36H,11-22H2,(H,38,39)(H,40,41)(H,42,43)(H,44,45)(H,46,47). The van der Waals surface area contributed by atoms with Gasteiger partial charge in [-0.15, -0.1) is 0 Å². The van der Waals surface area contributed by atoms with Crippen LogP contribution in [0.15, 0.2) is 60.7 Å². The van der Waals surface area contributed by atoms with Crippen molar-refractivity contribution in [2.75, 3.05) is 26.2 Å². The maximum absolute atomic E-state index is 13.2. The number of nitrogens with zero attached hydrogens (tertiary/aromatic N) is 1. The molecule has 7 N–H and O–H groups in total. The minimum atomic E-state index is -4.74. The van der Waals surface area contributed by atoms with Crippen molar-refractivity contribution in [3.8, 4) is 0 Å². The van der Waals surface area contributed by atoms with Crippen LogP contribution in [-0.2, 0) is 38.2 Å². The molecule has 4 rings (SSSR count). The Hall–Kier alpha value is -3.69. The Morgan fingerprint density at radius 2 is 1.36 bits per heavy atom. The lowest BCUT2D eigenvalue weighted by Crippen LogP contribution is -2.56. The summed E-state index contributed by atoms with van der Waals surface area (Å²) in [5.74, 6) is -5.59. The first kappa shape index (κ1) is 39.1. The largest absolute Gasteiger partial charge is 0.480 e. The molecule has 0 amide bonds. The zero-order valence-electron chi connectivity index (χ0n) is 27.6. The van der Waals surface area contributed by atoms with E-state index in [-0.39, 0.29) is 30.6 Å². The monoisotopic (exact) mass is 719 g/mol. The lowest BCUT2D eigenvalue weighted by molar-refractivity contribution is -0.152. The van der Waals surface area contributed by atoms with Gasteiger partial charge >= 0.3 is 31.7 Å². The summed E-state index contributed by atoms with van der Waals surface area (Å²) in [5.41, 5.74) is 1.94. The van der Waals surface area contributed by atoms with Gasteiger partial charge in [0.15, 0.2) is 0 Å². The molecule has 0 aromatic heterocycles. The van der Waals surface area contributed by atoms with Crippen molar-refractivity contribution < 1.29 is 58.1 Å². The van der Waals surface area contributed by atoms with Crippen LogP contribution in [-0.4, -0.2) is 111 Å². The molecule has 16 heteroatoms. The van der Waals surface area contributed by atoms with Gasteiger partial charge in [0.2, 0.25) is 6.04 Å². The number of phosphoric ester groups is 1. The number of carboxylic acids is 4. The highest BCUT2D eigenvalue weighted by Crippen LogP contribution is 2.51. The van der Waals surface area contributed by atoms with Crippen LogP contribution in [0.25, 0.3) is 0 Å². The molecule has 50 heavy (non-hydrogen) atoms. The number of benzene rings is 2. The quantitative estimate of drug-likeness (QED) is 0.0817. The third-order valence-electron chi connectivity index (χ3n) is 9.60. The number of carbonyl (C=O) groups is 4. The minimum Gasteiger partial charge on any atom is -0.480 e. The number of carboxylic acid groups (broad SMARTS) is 4. The van der Waals surface area contributed by atoms with Crippen LogP contribution in [0.2, 0.25) is 0 Å². The zero-order valence-corrected chi connectivity index (χ0v) is 28.5. The molecule has 0 aliphatic heterocycles. The van der Waals surface area contributed by atoms with E-state index >= 15 is 0 Å². The second-order valence-corrected chi connectivity index (χ2v) is 14.4. The predicted molar refractivity (Wildman–Crippen MR) is 180 cm³/mol. The van der Waals surface area contributed by atoms with Crippen LogP contribution in [0.3, 0.4) is 0 Å². The van der Waals surface area contributed by atoms with Gasteiger partial charge in [0.05, 0.1) is 25.8 Å². The molecule has 0 saturated heterocycles. The van der Waals surface area contributed by atoms with Gasteiger partial charge < -0.3 is 30.6 Å². The topological polar surface area (TPSA) is 232 Å². The van der Waals surface area contributed by atoms with Crippen molar-refractivity contribution in [1.29, 1.82) is 0 Å². The van der Waals surface area contributed by atoms with Crippen LogP contribution >= 0.6 is 7.82 Å². The summed E-state index contributed by atoms with van der Waals surface area (Å²) in [6.07, 6.45) is 3.58. The number of aliphatic carboxylic acids is 4. The molecule has 0 heterocycles. The average Bonchev–Trinajstić information content (AvgIpc) is 3.09. The Morgan fingerprint density at radius 3 is 1.84 bits per heavy atom. The second-order valence-electron chi connectivity index (χ2n) is 13.0. The van der Waals surface area contributed by atoms with Crippen LogP contribution in [0.4, 0.5) is 0 Å². The summed E-state index contributed by atoms with van der Waals surface area (Å²) < 4.78 is 24.2. The lowest BCUT2D eigenvalue weighted by atomic mass is 9.65. The van der Waals surface area contributed by atoms with Gasteiger partial charge in [0, 0.05) is 30.1 Å². The molecular formula is C34H46N3O12P. The first-order valence-electron chi connectivity index (χ1n) is 16.7. The number of phosphoric acid groups is 1. The van der Waals surface area contributed by atoms with Crippen LogP contribution < -0.4 is 10.6 Å². The van der Waals surface area contributed by atoms with Crippen molar-refractivity contribution in [2.24, 2.45) is 0 Å². The highest BCUT2D eigenvalue weighted by atomic mass is 31.2. The Morgan fingerprint density at radius 1 is 0.820 bits per heavy atom. The second kappa shape index (κ2) is 18.0. The van der Waals surface area contributed by atoms with Crippen LogP contribution in [0.5, 0.6) is 0 Å². The summed E-state index contributed by atoms with van der Waals surface area (Å²) in [5, 5.41) is 43.0. The Kier molecular flexibility index (Phi) is 14.1. The number of hydrogen-bond acceptors (Lipinski definition) is 10. The van der Waals surface area contributed by atoms with E-state index in [1.54, 1.807) is 0 Å². The molecule has 0 spiro atoms. The van der Waals surface area contributed by atoms with Crippen molar-refractivity contribution in [3.05, 3.63) is 71.8 Å². The smallest absolute Gasteiger partial charge is 0.472 e. The van der Waals surface area contributed by atoms with Gasteiger partial charge in [-0.05, 0) is 62.5 Å². The maximum Gasteiger partial charge on any atom is 0.472 e. The minimum absolute atomic E-state index is 0.0857. The number of rotatable bonds is 19. The molecule has 2 aliphatic rings. The summed E-state index contributed by atoms with van der Waals surface area (Å²) in [6, 6.07) is 16.4. The lowest BCUT2D eigenvalue weighted by Gasteiger charge is -2.41. The SMILES string of the molecule is O=C(O)CNC1CCC(N(CC(=O)O)CC(COP(=O)(O)OC2CCC(c3ccccc3)(c3ccccc3)CC2)NC(C(=O)O)C(=O)O)CC1. The predicted octanol–water partition coefficient (Wildman–Crippen LogP) is 2.92. The fourth-order valence-electron chi connectivity index (χ4n) is 7.16. The van der Waals surface area contributed by atoms with Gasteiger partial charge in [-0.2, -0.15) is 0 Å². The zero-order chi connectivity index (χ0) is 36.3. The third-order valence-corrected chi connectivity index (χ3v) is 10.6. The molecule has 2 unspecified atom stereocenters.